The Balaban J connectivity index is 2.42. The minimum Gasteiger partial charge on any atom is -0.481 e. The zero-order valence-electron chi connectivity index (χ0n) is 17.5. The molecule has 1 rings (SSSR count). The zero-order chi connectivity index (χ0) is 21.5. The van der Waals surface area contributed by atoms with E-state index in [2.05, 4.69) is 6.92 Å². The van der Waals surface area contributed by atoms with Crippen LogP contribution in [0.2, 0.25) is 0 Å². The number of aliphatic hydroxyl groups is 1. The van der Waals surface area contributed by atoms with Crippen LogP contribution in [0.1, 0.15) is 94.1 Å². The Kier molecular flexibility index (Phi) is 13.6. The van der Waals surface area contributed by atoms with Crippen LogP contribution in [0, 0.1) is 0 Å². The second-order valence-electron chi connectivity index (χ2n) is 7.46. The fourth-order valence-corrected chi connectivity index (χ4v) is 4.52. The van der Waals surface area contributed by atoms with Crippen molar-refractivity contribution in [3.05, 3.63) is 23.7 Å². The fraction of sp³-hybridized carbons (Fsp3) is 0.727. The summed E-state index contributed by atoms with van der Waals surface area (Å²) in [6.07, 6.45) is 13.0. The molecule has 0 aliphatic carbocycles. The number of aliphatic carboxylic acids is 2. The number of hydrogen-bond donors (Lipinski definition) is 3. The summed E-state index contributed by atoms with van der Waals surface area (Å²) in [7, 11) is 0. The smallest absolute Gasteiger partial charge is 0.334 e. The van der Waals surface area contributed by atoms with E-state index in [0.29, 0.717) is 5.76 Å². The van der Waals surface area contributed by atoms with Gasteiger partial charge in [0.05, 0.1) is 17.9 Å². The molecule has 6 nitrogen and oxygen atoms in total. The minimum absolute atomic E-state index is 0.0952. The quantitative estimate of drug-likeness (QED) is 0.267. The third-order valence-corrected chi connectivity index (χ3v) is 6.26. The lowest BCUT2D eigenvalue weighted by Crippen LogP contribution is -2.26. The predicted molar refractivity (Wildman–Crippen MR) is 115 cm³/mol. The number of rotatable bonds is 18. The lowest BCUT2D eigenvalue weighted by molar-refractivity contribution is -0.146. The highest BCUT2D eigenvalue weighted by atomic mass is 32.2. The van der Waals surface area contributed by atoms with Crippen molar-refractivity contribution in [3.63, 3.8) is 0 Å². The van der Waals surface area contributed by atoms with Crippen LogP contribution >= 0.6 is 11.8 Å². The number of aryl methyl sites for hydroxylation is 1. The first-order valence-corrected chi connectivity index (χ1v) is 11.8. The number of carbonyl (C=O) groups is 2. The minimum atomic E-state index is -1.63. The van der Waals surface area contributed by atoms with Crippen molar-refractivity contribution in [1.29, 1.82) is 0 Å². The van der Waals surface area contributed by atoms with Crippen molar-refractivity contribution in [1.82, 2.24) is 0 Å². The normalized spacial score (nSPS) is 13.3. The van der Waals surface area contributed by atoms with Gasteiger partial charge in [0, 0.05) is 5.75 Å². The maximum Gasteiger partial charge on any atom is 0.334 e. The van der Waals surface area contributed by atoms with E-state index >= 15 is 0 Å². The second kappa shape index (κ2) is 15.4. The van der Waals surface area contributed by atoms with E-state index in [0.717, 1.165) is 36.6 Å². The lowest BCUT2D eigenvalue weighted by Gasteiger charge is -2.18. The van der Waals surface area contributed by atoms with Gasteiger partial charge in [0.25, 0.3) is 0 Å². The molecule has 0 spiro atoms. The highest BCUT2D eigenvalue weighted by Gasteiger charge is 2.32. The van der Waals surface area contributed by atoms with Crippen LogP contribution in [0.3, 0.4) is 0 Å². The van der Waals surface area contributed by atoms with Crippen LogP contribution in [-0.4, -0.2) is 39.1 Å². The van der Waals surface area contributed by atoms with E-state index in [9.17, 15) is 19.8 Å². The van der Waals surface area contributed by atoms with Gasteiger partial charge < -0.3 is 19.7 Å². The second-order valence-corrected chi connectivity index (χ2v) is 8.71. The number of furan rings is 1. The summed E-state index contributed by atoms with van der Waals surface area (Å²) < 4.78 is 5.51. The SMILES string of the molecule is CCCCCCCCCCCCc1ccoc1C(SCCC(=O)O)C(O)C(=O)O. The average molecular weight is 429 g/mol. The molecule has 0 radical (unpaired) electrons. The van der Waals surface area contributed by atoms with Crippen LogP contribution in [0.25, 0.3) is 0 Å². The summed E-state index contributed by atoms with van der Waals surface area (Å²) in [5, 5.41) is 27.3. The van der Waals surface area contributed by atoms with E-state index in [-0.39, 0.29) is 12.2 Å². The molecule has 166 valence electrons. The first kappa shape index (κ1) is 25.6. The third-order valence-electron chi connectivity index (χ3n) is 4.99. The standard InChI is InChI=1S/C22H36O6S/c1-2-3-4-5-6-7-8-9-10-11-12-17-13-15-28-20(17)21(19(25)22(26)27)29-16-14-18(23)24/h13,15,19,21,25H,2-12,14,16H2,1H3,(H,23,24)(H,26,27). The van der Waals surface area contributed by atoms with Crippen LogP contribution in [0.15, 0.2) is 16.7 Å². The first-order chi connectivity index (χ1) is 14.0. The van der Waals surface area contributed by atoms with Gasteiger partial charge in [0.1, 0.15) is 5.76 Å². The fourth-order valence-electron chi connectivity index (χ4n) is 3.32. The first-order valence-electron chi connectivity index (χ1n) is 10.8. The molecule has 1 aromatic rings. The number of carboxylic acids is 2. The summed E-state index contributed by atoms with van der Waals surface area (Å²) in [6.45, 7) is 2.23. The predicted octanol–water partition coefficient (Wildman–Crippen LogP) is 5.44. The molecular weight excluding hydrogens is 392 g/mol. The number of hydrogen-bond acceptors (Lipinski definition) is 5. The molecule has 1 heterocycles. The van der Waals surface area contributed by atoms with Gasteiger partial charge in [-0.3, -0.25) is 4.79 Å². The molecule has 1 aromatic heterocycles. The molecule has 0 bridgehead atoms. The van der Waals surface area contributed by atoms with Gasteiger partial charge in [-0.1, -0.05) is 64.7 Å². The van der Waals surface area contributed by atoms with Gasteiger partial charge in [-0.25, -0.2) is 4.79 Å². The van der Waals surface area contributed by atoms with Crippen LogP contribution in [-0.2, 0) is 16.0 Å². The molecular formula is C22H36O6S. The molecule has 0 saturated carbocycles. The van der Waals surface area contributed by atoms with E-state index in [1.807, 2.05) is 6.07 Å². The molecule has 0 fully saturated rings. The maximum atomic E-state index is 11.3. The molecule has 2 unspecified atom stereocenters. The zero-order valence-corrected chi connectivity index (χ0v) is 18.3. The molecule has 0 aromatic carbocycles. The summed E-state index contributed by atoms with van der Waals surface area (Å²) in [5.41, 5.74) is 0.901. The van der Waals surface area contributed by atoms with Crippen LogP contribution in [0.5, 0.6) is 0 Å². The van der Waals surface area contributed by atoms with Gasteiger partial charge in [-0.2, -0.15) is 0 Å². The van der Waals surface area contributed by atoms with Crippen molar-refractivity contribution in [3.8, 4) is 0 Å². The Hall–Kier alpha value is -1.47. The molecule has 0 saturated heterocycles. The Morgan fingerprint density at radius 2 is 1.59 bits per heavy atom. The van der Waals surface area contributed by atoms with Crippen molar-refractivity contribution in [2.75, 3.05) is 5.75 Å². The van der Waals surface area contributed by atoms with E-state index < -0.39 is 23.3 Å². The number of aliphatic hydroxyl groups excluding tert-OH is 1. The van der Waals surface area contributed by atoms with E-state index in [4.69, 9.17) is 9.52 Å². The summed E-state index contributed by atoms with van der Waals surface area (Å²) in [6, 6.07) is 1.82. The Labute approximate surface area is 178 Å². The lowest BCUT2D eigenvalue weighted by atomic mass is 10.0. The highest BCUT2D eigenvalue weighted by molar-refractivity contribution is 7.99. The van der Waals surface area contributed by atoms with Crippen LogP contribution in [0.4, 0.5) is 0 Å². The molecule has 0 amide bonds. The van der Waals surface area contributed by atoms with E-state index in [1.54, 1.807) is 0 Å². The van der Waals surface area contributed by atoms with Crippen molar-refractivity contribution in [2.24, 2.45) is 0 Å². The summed E-state index contributed by atoms with van der Waals surface area (Å²) in [4.78, 5) is 22.0. The third kappa shape index (κ3) is 10.8. The largest absolute Gasteiger partial charge is 0.481 e. The molecule has 29 heavy (non-hydrogen) atoms. The van der Waals surface area contributed by atoms with Gasteiger partial charge in [-0.05, 0) is 24.5 Å². The molecule has 2 atom stereocenters. The van der Waals surface area contributed by atoms with Gasteiger partial charge in [-0.15, -0.1) is 11.8 Å². The number of thioether (sulfide) groups is 1. The molecule has 3 N–H and O–H groups in total. The van der Waals surface area contributed by atoms with Crippen molar-refractivity contribution >= 4 is 23.7 Å². The average Bonchev–Trinajstić information content (AvgIpc) is 3.14. The van der Waals surface area contributed by atoms with E-state index in [1.165, 1.54) is 57.6 Å². The molecule has 7 heteroatoms. The highest BCUT2D eigenvalue weighted by Crippen LogP contribution is 2.36. The molecule has 0 aliphatic rings. The Morgan fingerprint density at radius 3 is 2.14 bits per heavy atom. The number of carboxylic acid groups (broad SMARTS) is 2. The summed E-state index contributed by atoms with van der Waals surface area (Å²) >= 11 is 1.11. The molecule has 0 aliphatic heterocycles. The monoisotopic (exact) mass is 428 g/mol. The summed E-state index contributed by atoms with van der Waals surface area (Å²) in [5.74, 6) is -1.63. The van der Waals surface area contributed by atoms with Gasteiger partial charge >= 0.3 is 11.9 Å². The Bertz CT molecular complexity index is 586. The van der Waals surface area contributed by atoms with Gasteiger partial charge in [0.2, 0.25) is 0 Å². The van der Waals surface area contributed by atoms with Crippen molar-refractivity contribution in [2.45, 2.75) is 95.3 Å². The van der Waals surface area contributed by atoms with Gasteiger partial charge in [0.15, 0.2) is 6.10 Å². The number of unbranched alkanes of at least 4 members (excludes halogenated alkanes) is 9. The maximum absolute atomic E-state index is 11.3. The Morgan fingerprint density at radius 1 is 1.00 bits per heavy atom. The van der Waals surface area contributed by atoms with Crippen LogP contribution < -0.4 is 0 Å². The topological polar surface area (TPSA) is 108 Å². The van der Waals surface area contributed by atoms with Crippen molar-refractivity contribution < 1.29 is 29.3 Å².